The molecule has 0 radical (unpaired) electrons. The van der Waals surface area contributed by atoms with Crippen molar-refractivity contribution in [2.45, 2.75) is 88.5 Å². The van der Waals surface area contributed by atoms with Gasteiger partial charge in [-0.15, -0.1) is 13.2 Å². The average molecular weight is 297 g/mol. The standard InChI is InChI=1S/C6H12.2C5H10.C4H8.CH4/c1-4-6(3)5-2;1-4-5(2)3;1-3-5-4-2;1-3-4-2;/h4H,5H2,1-3H3;2,4H2,1,3H3;3,5H,4H2,1-2H3;3H,1,4H2,2H3;1H4/b6-4+;;5-3+;;. The lowest BCUT2D eigenvalue weighted by atomic mass is 10.2. The summed E-state index contributed by atoms with van der Waals surface area (Å²) in [6, 6.07) is 0. The molecule has 0 atom stereocenters. The maximum absolute atomic E-state index is 3.67. The van der Waals surface area contributed by atoms with Crippen molar-refractivity contribution in [3.05, 3.63) is 48.6 Å². The molecule has 0 aromatic carbocycles. The maximum atomic E-state index is 3.67. The lowest BCUT2D eigenvalue weighted by molar-refractivity contribution is 1.09. The van der Waals surface area contributed by atoms with Crippen LogP contribution in [0.4, 0.5) is 0 Å². The molecule has 0 spiro atoms. The number of hydrogen-bond acceptors (Lipinski definition) is 0. The Balaban J connectivity index is -0.0000000539. The highest BCUT2D eigenvalue weighted by molar-refractivity contribution is 4.93. The van der Waals surface area contributed by atoms with E-state index in [1.54, 1.807) is 0 Å². The molecular formula is C21H44. The lowest BCUT2D eigenvalue weighted by Gasteiger charge is -1.85. The van der Waals surface area contributed by atoms with Crippen LogP contribution in [-0.2, 0) is 0 Å². The van der Waals surface area contributed by atoms with E-state index < -0.39 is 0 Å². The predicted molar refractivity (Wildman–Crippen MR) is 107 cm³/mol. The van der Waals surface area contributed by atoms with E-state index in [-0.39, 0.29) is 7.43 Å². The number of allylic oxidation sites excluding steroid dienone is 6. The Bertz CT molecular complexity index is 228. The molecule has 0 unspecified atom stereocenters. The summed E-state index contributed by atoms with van der Waals surface area (Å²) in [5.74, 6) is 0. The van der Waals surface area contributed by atoms with E-state index in [1.165, 1.54) is 17.6 Å². The quantitative estimate of drug-likeness (QED) is 0.456. The Morgan fingerprint density at radius 1 is 0.905 bits per heavy atom. The molecule has 0 aliphatic heterocycles. The summed E-state index contributed by atoms with van der Waals surface area (Å²) < 4.78 is 0. The van der Waals surface area contributed by atoms with E-state index in [4.69, 9.17) is 0 Å². The summed E-state index contributed by atoms with van der Waals surface area (Å²) in [6.45, 7) is 23.9. The molecule has 0 heteroatoms. The summed E-state index contributed by atoms with van der Waals surface area (Å²) in [5.41, 5.74) is 2.72. The van der Waals surface area contributed by atoms with Crippen LogP contribution in [0.2, 0.25) is 0 Å². The summed E-state index contributed by atoms with van der Waals surface area (Å²) in [6.07, 6.45) is 12.7. The van der Waals surface area contributed by atoms with Gasteiger partial charge in [-0.25, -0.2) is 0 Å². The van der Waals surface area contributed by atoms with Crippen molar-refractivity contribution in [1.82, 2.24) is 0 Å². The van der Waals surface area contributed by atoms with Crippen molar-refractivity contribution < 1.29 is 0 Å². The highest BCUT2D eigenvalue weighted by Crippen LogP contribution is 1.94. The van der Waals surface area contributed by atoms with Gasteiger partial charge in [-0.2, -0.15) is 0 Å². The fourth-order valence-corrected chi connectivity index (χ4v) is 0.440. The van der Waals surface area contributed by atoms with E-state index in [1.807, 2.05) is 19.9 Å². The fourth-order valence-electron chi connectivity index (χ4n) is 0.440. The first-order valence-electron chi connectivity index (χ1n) is 7.89. The highest BCUT2D eigenvalue weighted by atomic mass is 13.8. The smallest absolute Gasteiger partial charge is 0.0352 e. The van der Waals surface area contributed by atoms with Gasteiger partial charge in [-0.3, -0.25) is 0 Å². The van der Waals surface area contributed by atoms with Gasteiger partial charge < -0.3 is 0 Å². The van der Waals surface area contributed by atoms with Crippen molar-refractivity contribution in [3.8, 4) is 0 Å². The van der Waals surface area contributed by atoms with Crippen molar-refractivity contribution >= 4 is 0 Å². The maximum Gasteiger partial charge on any atom is -0.0352 e. The van der Waals surface area contributed by atoms with Crippen molar-refractivity contribution in [2.75, 3.05) is 0 Å². The van der Waals surface area contributed by atoms with E-state index in [0.717, 1.165) is 19.3 Å². The zero-order valence-electron chi connectivity index (χ0n) is 15.6. The van der Waals surface area contributed by atoms with Gasteiger partial charge in [0.2, 0.25) is 0 Å². The van der Waals surface area contributed by atoms with Gasteiger partial charge in [0, 0.05) is 0 Å². The molecule has 0 saturated heterocycles. The average Bonchev–Trinajstić information content (AvgIpc) is 2.48. The van der Waals surface area contributed by atoms with E-state index in [9.17, 15) is 0 Å². The third kappa shape index (κ3) is 86.1. The largest absolute Gasteiger partial charge is 0.103 e. The van der Waals surface area contributed by atoms with Crippen LogP contribution in [0.25, 0.3) is 0 Å². The molecule has 0 aliphatic carbocycles. The van der Waals surface area contributed by atoms with Crippen molar-refractivity contribution in [1.29, 1.82) is 0 Å². The minimum atomic E-state index is 0. The summed E-state index contributed by atoms with van der Waals surface area (Å²) in [7, 11) is 0. The van der Waals surface area contributed by atoms with Gasteiger partial charge >= 0.3 is 0 Å². The second-order valence-electron chi connectivity index (χ2n) is 4.47. The summed E-state index contributed by atoms with van der Waals surface area (Å²) >= 11 is 0. The van der Waals surface area contributed by atoms with Crippen LogP contribution in [-0.4, -0.2) is 0 Å². The van der Waals surface area contributed by atoms with Crippen LogP contribution in [0, 0.1) is 0 Å². The fraction of sp³-hybridized carbons (Fsp3) is 0.619. The Morgan fingerprint density at radius 3 is 1.29 bits per heavy atom. The highest BCUT2D eigenvalue weighted by Gasteiger charge is 1.73. The van der Waals surface area contributed by atoms with E-state index in [2.05, 4.69) is 72.9 Å². The van der Waals surface area contributed by atoms with Crippen molar-refractivity contribution in [3.63, 3.8) is 0 Å². The molecule has 0 amide bonds. The predicted octanol–water partition coefficient (Wildman–Crippen LogP) is 8.53. The molecule has 21 heavy (non-hydrogen) atoms. The molecule has 0 aromatic heterocycles. The number of hydrogen-bond donors (Lipinski definition) is 0. The molecule has 0 saturated carbocycles. The van der Waals surface area contributed by atoms with E-state index >= 15 is 0 Å². The Kier molecular flexibility index (Phi) is 55.6. The van der Waals surface area contributed by atoms with Gasteiger partial charge in [-0.05, 0) is 53.4 Å². The molecule has 0 aliphatic rings. The number of rotatable bonds is 4. The molecule has 0 fully saturated rings. The van der Waals surface area contributed by atoms with Crippen LogP contribution in [0.5, 0.6) is 0 Å². The van der Waals surface area contributed by atoms with Gasteiger partial charge in [-0.1, -0.05) is 70.6 Å². The molecule has 0 aromatic rings. The molecule has 0 nitrogen and oxygen atoms in total. The third-order valence-corrected chi connectivity index (χ3v) is 2.41. The lowest BCUT2D eigenvalue weighted by Crippen LogP contribution is -1.63. The van der Waals surface area contributed by atoms with Crippen LogP contribution < -0.4 is 0 Å². The molecule has 0 rings (SSSR count). The van der Waals surface area contributed by atoms with Crippen LogP contribution in [0.15, 0.2) is 48.6 Å². The second kappa shape index (κ2) is 36.4. The topological polar surface area (TPSA) is 0 Å². The molecular weight excluding hydrogens is 252 g/mol. The van der Waals surface area contributed by atoms with Gasteiger partial charge in [0.05, 0.1) is 0 Å². The zero-order chi connectivity index (χ0) is 16.8. The van der Waals surface area contributed by atoms with Gasteiger partial charge in [0.1, 0.15) is 0 Å². The molecule has 0 N–H and O–H groups in total. The van der Waals surface area contributed by atoms with Crippen LogP contribution >= 0.6 is 0 Å². The van der Waals surface area contributed by atoms with Gasteiger partial charge in [0.15, 0.2) is 0 Å². The van der Waals surface area contributed by atoms with E-state index in [0.29, 0.717) is 0 Å². The SMILES string of the molecule is C.C/C=C(\C)CC.C/C=C/CC.C=C(C)CC.C=CCC. The third-order valence-electron chi connectivity index (χ3n) is 2.41. The van der Waals surface area contributed by atoms with Crippen molar-refractivity contribution in [2.24, 2.45) is 0 Å². The normalized spacial score (nSPS) is 8.86. The van der Waals surface area contributed by atoms with Crippen LogP contribution in [0.3, 0.4) is 0 Å². The zero-order valence-corrected chi connectivity index (χ0v) is 15.6. The minimum Gasteiger partial charge on any atom is -0.103 e. The Labute approximate surface area is 137 Å². The summed E-state index contributed by atoms with van der Waals surface area (Å²) in [5, 5.41) is 0. The molecule has 0 heterocycles. The monoisotopic (exact) mass is 296 g/mol. The Morgan fingerprint density at radius 2 is 1.29 bits per heavy atom. The van der Waals surface area contributed by atoms with Gasteiger partial charge in [0.25, 0.3) is 0 Å². The first kappa shape index (κ1) is 32.1. The first-order chi connectivity index (χ1) is 9.41. The second-order valence-corrected chi connectivity index (χ2v) is 4.47. The van der Waals surface area contributed by atoms with Crippen LogP contribution in [0.1, 0.15) is 88.5 Å². The molecule has 128 valence electrons. The summed E-state index contributed by atoms with van der Waals surface area (Å²) in [4.78, 5) is 0. The molecule has 0 bridgehead atoms. The Hall–Kier alpha value is -1.04. The first-order valence-corrected chi connectivity index (χ1v) is 7.89. The minimum absolute atomic E-state index is 0.